The van der Waals surface area contributed by atoms with Crippen molar-refractivity contribution in [1.29, 1.82) is 0 Å². The fourth-order valence-corrected chi connectivity index (χ4v) is 2.94. The lowest BCUT2D eigenvalue weighted by Crippen LogP contribution is -2.38. The summed E-state index contributed by atoms with van der Waals surface area (Å²) >= 11 is 0. The fraction of sp³-hybridized carbons (Fsp3) is 0.300. The Morgan fingerprint density at radius 2 is 1.93 bits per heavy atom. The lowest BCUT2D eigenvalue weighted by atomic mass is 9.95. The quantitative estimate of drug-likeness (QED) is 0.587. The van der Waals surface area contributed by atoms with Crippen LogP contribution in [-0.2, 0) is 11.3 Å². The summed E-state index contributed by atoms with van der Waals surface area (Å²) < 4.78 is 1.10. The van der Waals surface area contributed by atoms with Crippen molar-refractivity contribution in [3.8, 4) is 12.3 Å². The zero-order chi connectivity index (χ0) is 20.3. The Bertz CT molecular complexity index is 1070. The molecule has 0 spiro atoms. The van der Waals surface area contributed by atoms with Gasteiger partial charge in [-0.05, 0) is 36.6 Å². The molecular weight excluding hydrogens is 346 g/mol. The number of H-pyrrole nitrogens is 1. The van der Waals surface area contributed by atoms with Crippen LogP contribution in [0.25, 0.3) is 0 Å². The Labute approximate surface area is 156 Å². The zero-order valence-corrected chi connectivity index (χ0v) is 15.5. The number of nitrogens with zero attached hydrogens (tertiary/aromatic N) is 1. The average molecular weight is 367 g/mol. The predicted octanol–water partition coefficient (Wildman–Crippen LogP) is 1.06. The van der Waals surface area contributed by atoms with Crippen molar-refractivity contribution >= 4 is 11.7 Å². The molecule has 2 aromatic rings. The maximum absolute atomic E-state index is 13.3. The summed E-state index contributed by atoms with van der Waals surface area (Å²) in [5.74, 6) is 1.02. The second-order valence-electron chi connectivity index (χ2n) is 6.61. The van der Waals surface area contributed by atoms with E-state index in [1.54, 1.807) is 32.9 Å². The highest BCUT2D eigenvalue weighted by atomic mass is 16.2. The van der Waals surface area contributed by atoms with E-state index in [-0.39, 0.29) is 35.7 Å². The Hall–Kier alpha value is -3.40. The molecule has 0 aliphatic rings. The third-order valence-corrected chi connectivity index (χ3v) is 4.12. The molecule has 1 heterocycles. The Balaban J connectivity index is 2.79. The number of ketones is 1. The van der Waals surface area contributed by atoms with Gasteiger partial charge in [0.25, 0.3) is 5.56 Å². The van der Waals surface area contributed by atoms with Crippen LogP contribution >= 0.6 is 0 Å². The van der Waals surface area contributed by atoms with E-state index in [0.29, 0.717) is 5.56 Å². The van der Waals surface area contributed by atoms with Crippen LogP contribution in [0.4, 0.5) is 0 Å². The number of aromatic amines is 1. The number of aromatic nitrogens is 2. The average Bonchev–Trinajstić information content (AvgIpc) is 2.58. The van der Waals surface area contributed by atoms with Crippen molar-refractivity contribution in [2.24, 2.45) is 5.73 Å². The summed E-state index contributed by atoms with van der Waals surface area (Å²) in [6, 6.07) is 4.92. The minimum Gasteiger partial charge on any atom is -0.370 e. The fourth-order valence-electron chi connectivity index (χ4n) is 2.94. The van der Waals surface area contributed by atoms with Gasteiger partial charge < -0.3 is 5.73 Å². The number of benzene rings is 1. The summed E-state index contributed by atoms with van der Waals surface area (Å²) in [5, 5.41) is 0. The summed E-state index contributed by atoms with van der Waals surface area (Å²) in [4.78, 5) is 51.4. The molecule has 0 saturated carbocycles. The number of primary amides is 1. The van der Waals surface area contributed by atoms with Crippen LogP contribution in [0.3, 0.4) is 0 Å². The largest absolute Gasteiger partial charge is 0.370 e. The number of aryl methyl sites for hydroxylation is 1. The maximum atomic E-state index is 13.3. The molecule has 1 aromatic carbocycles. The first kappa shape index (κ1) is 19.9. The van der Waals surface area contributed by atoms with Gasteiger partial charge in [-0.15, -0.1) is 6.42 Å². The first-order valence-corrected chi connectivity index (χ1v) is 8.44. The standard InChI is InChI=1S/C20H21N3O4/c1-5-13-8-12(4)9-14(10-13)18(25)17-16(11(2)3)19(26)22-20(27)23(17)7-6-15(21)24/h1,8-11H,6-7H2,2-4H3,(H2,21,24)(H,22,26,27). The van der Waals surface area contributed by atoms with Gasteiger partial charge in [0.15, 0.2) is 0 Å². The number of nitrogens with one attached hydrogen (secondary N) is 1. The second kappa shape index (κ2) is 7.87. The van der Waals surface area contributed by atoms with Gasteiger partial charge in [-0.2, -0.15) is 0 Å². The van der Waals surface area contributed by atoms with Crippen molar-refractivity contribution in [2.45, 2.75) is 39.7 Å². The van der Waals surface area contributed by atoms with E-state index in [4.69, 9.17) is 12.2 Å². The van der Waals surface area contributed by atoms with Crippen molar-refractivity contribution < 1.29 is 9.59 Å². The van der Waals surface area contributed by atoms with Crippen LogP contribution in [0, 0.1) is 19.3 Å². The monoisotopic (exact) mass is 367 g/mol. The summed E-state index contributed by atoms with van der Waals surface area (Å²) in [5.41, 5.74) is 5.47. The number of carbonyl (C=O) groups is 2. The third kappa shape index (κ3) is 4.23. The van der Waals surface area contributed by atoms with Crippen molar-refractivity contribution in [3.05, 3.63) is 67.0 Å². The van der Waals surface area contributed by atoms with Gasteiger partial charge >= 0.3 is 5.69 Å². The molecule has 0 fully saturated rings. The number of amides is 1. The van der Waals surface area contributed by atoms with E-state index < -0.39 is 22.9 Å². The van der Waals surface area contributed by atoms with E-state index in [1.807, 2.05) is 0 Å². The highest BCUT2D eigenvalue weighted by molar-refractivity contribution is 6.09. The molecule has 0 bridgehead atoms. The SMILES string of the molecule is C#Cc1cc(C)cc(C(=O)c2c(C(C)C)c(=O)[nH]c(=O)n2CCC(N)=O)c1. The minimum absolute atomic E-state index is 0.0476. The van der Waals surface area contributed by atoms with Gasteiger partial charge in [0, 0.05) is 29.7 Å². The molecule has 1 amide bonds. The van der Waals surface area contributed by atoms with E-state index in [2.05, 4.69) is 10.9 Å². The Morgan fingerprint density at radius 3 is 2.48 bits per heavy atom. The number of hydrogen-bond donors (Lipinski definition) is 2. The minimum atomic E-state index is -0.765. The summed E-state index contributed by atoms with van der Waals surface area (Å²) in [7, 11) is 0. The van der Waals surface area contributed by atoms with Crippen LogP contribution in [0.2, 0.25) is 0 Å². The number of carbonyl (C=O) groups excluding carboxylic acids is 2. The lowest BCUT2D eigenvalue weighted by molar-refractivity contribution is -0.118. The molecule has 0 aliphatic heterocycles. The van der Waals surface area contributed by atoms with Gasteiger partial charge in [0.1, 0.15) is 5.69 Å². The first-order valence-electron chi connectivity index (χ1n) is 8.44. The molecule has 27 heavy (non-hydrogen) atoms. The van der Waals surface area contributed by atoms with E-state index in [1.165, 1.54) is 6.07 Å². The first-order chi connectivity index (χ1) is 12.6. The molecular formula is C20H21N3O4. The predicted molar refractivity (Wildman–Crippen MR) is 102 cm³/mol. The molecule has 7 heteroatoms. The van der Waals surface area contributed by atoms with Crippen LogP contribution < -0.4 is 17.0 Å². The second-order valence-corrected chi connectivity index (χ2v) is 6.61. The molecule has 3 N–H and O–H groups in total. The van der Waals surface area contributed by atoms with Gasteiger partial charge in [-0.1, -0.05) is 19.8 Å². The summed E-state index contributed by atoms with van der Waals surface area (Å²) in [6.07, 6.45) is 5.30. The van der Waals surface area contributed by atoms with Gasteiger partial charge in [0.05, 0.1) is 0 Å². The van der Waals surface area contributed by atoms with Gasteiger partial charge in [-0.25, -0.2) is 4.79 Å². The van der Waals surface area contributed by atoms with Gasteiger partial charge in [-0.3, -0.25) is 23.9 Å². The topological polar surface area (TPSA) is 115 Å². The normalized spacial score (nSPS) is 10.6. The zero-order valence-electron chi connectivity index (χ0n) is 15.5. The van der Waals surface area contributed by atoms with Crippen molar-refractivity contribution in [3.63, 3.8) is 0 Å². The highest BCUT2D eigenvalue weighted by Crippen LogP contribution is 2.20. The van der Waals surface area contributed by atoms with Crippen LogP contribution in [-0.4, -0.2) is 21.2 Å². The molecule has 0 unspecified atom stereocenters. The maximum Gasteiger partial charge on any atom is 0.328 e. The third-order valence-electron chi connectivity index (χ3n) is 4.12. The molecule has 0 saturated heterocycles. The lowest BCUT2D eigenvalue weighted by Gasteiger charge is -2.17. The van der Waals surface area contributed by atoms with E-state index in [9.17, 15) is 19.2 Å². The number of nitrogens with two attached hydrogens (primary N) is 1. The molecule has 1 aromatic heterocycles. The Kier molecular flexibility index (Phi) is 5.81. The molecule has 0 aliphatic carbocycles. The number of terminal acetylenes is 1. The van der Waals surface area contributed by atoms with E-state index in [0.717, 1.165) is 10.1 Å². The highest BCUT2D eigenvalue weighted by Gasteiger charge is 2.25. The number of rotatable bonds is 6. The molecule has 2 rings (SSSR count). The van der Waals surface area contributed by atoms with Crippen LogP contribution in [0.5, 0.6) is 0 Å². The molecule has 0 atom stereocenters. The Morgan fingerprint density at radius 1 is 1.26 bits per heavy atom. The molecule has 7 nitrogen and oxygen atoms in total. The summed E-state index contributed by atoms with van der Waals surface area (Å²) in [6.45, 7) is 5.17. The number of hydrogen-bond acceptors (Lipinski definition) is 4. The van der Waals surface area contributed by atoms with Crippen molar-refractivity contribution in [2.75, 3.05) is 0 Å². The molecule has 140 valence electrons. The van der Waals surface area contributed by atoms with Crippen molar-refractivity contribution in [1.82, 2.24) is 9.55 Å². The van der Waals surface area contributed by atoms with Crippen LogP contribution in [0.1, 0.15) is 58.9 Å². The van der Waals surface area contributed by atoms with Crippen LogP contribution in [0.15, 0.2) is 27.8 Å². The van der Waals surface area contributed by atoms with Gasteiger partial charge in [0.2, 0.25) is 11.7 Å². The smallest absolute Gasteiger partial charge is 0.328 e. The molecule has 0 radical (unpaired) electrons. The van der Waals surface area contributed by atoms with E-state index >= 15 is 0 Å².